The second-order valence-electron chi connectivity index (χ2n) is 5.14. The molecular formula is C12H24N2. The highest BCUT2D eigenvalue weighted by Gasteiger charge is 2.30. The van der Waals surface area contributed by atoms with E-state index in [1.807, 2.05) is 0 Å². The van der Waals surface area contributed by atoms with Crippen molar-refractivity contribution in [2.24, 2.45) is 5.92 Å². The lowest BCUT2D eigenvalue weighted by atomic mass is 9.92. The van der Waals surface area contributed by atoms with E-state index >= 15 is 0 Å². The van der Waals surface area contributed by atoms with Crippen LogP contribution in [-0.2, 0) is 0 Å². The van der Waals surface area contributed by atoms with Crippen LogP contribution >= 0.6 is 0 Å². The summed E-state index contributed by atoms with van der Waals surface area (Å²) in [6, 6.07) is 1.66. The summed E-state index contributed by atoms with van der Waals surface area (Å²) in [6.45, 7) is 4.83. The van der Waals surface area contributed by atoms with E-state index in [1.54, 1.807) is 0 Å². The Hall–Kier alpha value is -0.0800. The van der Waals surface area contributed by atoms with Crippen LogP contribution in [0.15, 0.2) is 0 Å². The van der Waals surface area contributed by atoms with E-state index < -0.39 is 0 Å². The molecule has 1 saturated carbocycles. The van der Waals surface area contributed by atoms with E-state index in [1.165, 1.54) is 45.2 Å². The first-order valence-electron chi connectivity index (χ1n) is 6.21. The minimum absolute atomic E-state index is 0.784. The third-order valence-electron chi connectivity index (χ3n) is 4.21. The van der Waals surface area contributed by atoms with Crippen molar-refractivity contribution in [1.82, 2.24) is 10.2 Å². The van der Waals surface area contributed by atoms with Gasteiger partial charge < -0.3 is 5.32 Å². The predicted molar refractivity (Wildman–Crippen MR) is 60.5 cm³/mol. The highest BCUT2D eigenvalue weighted by atomic mass is 15.2. The summed E-state index contributed by atoms with van der Waals surface area (Å²) in [4.78, 5) is 2.66. The lowest BCUT2D eigenvalue weighted by Gasteiger charge is -2.39. The molecule has 0 radical (unpaired) electrons. The molecule has 2 heteroatoms. The van der Waals surface area contributed by atoms with Crippen LogP contribution in [-0.4, -0.2) is 37.1 Å². The second-order valence-corrected chi connectivity index (χ2v) is 5.14. The Morgan fingerprint density at radius 2 is 1.86 bits per heavy atom. The van der Waals surface area contributed by atoms with Gasteiger partial charge in [0, 0.05) is 18.6 Å². The predicted octanol–water partition coefficient (Wildman–Crippen LogP) is 1.86. The van der Waals surface area contributed by atoms with Crippen molar-refractivity contribution < 1.29 is 0 Å². The Kier molecular flexibility index (Phi) is 3.45. The van der Waals surface area contributed by atoms with Gasteiger partial charge in [-0.1, -0.05) is 19.8 Å². The quantitative estimate of drug-likeness (QED) is 0.725. The topological polar surface area (TPSA) is 15.3 Å². The minimum atomic E-state index is 0.784. The van der Waals surface area contributed by atoms with Crippen molar-refractivity contribution in [3.8, 4) is 0 Å². The summed E-state index contributed by atoms with van der Waals surface area (Å²) in [6.07, 6.45) is 7.11. The number of rotatable bonds is 2. The average Bonchev–Trinajstić information content (AvgIpc) is 2.70. The van der Waals surface area contributed by atoms with Crippen LogP contribution in [0.4, 0.5) is 0 Å². The van der Waals surface area contributed by atoms with Crippen molar-refractivity contribution >= 4 is 0 Å². The molecule has 2 atom stereocenters. The molecule has 2 rings (SSSR count). The molecule has 0 aromatic rings. The Balaban J connectivity index is 1.91. The molecule has 1 aliphatic heterocycles. The number of hydrogen-bond acceptors (Lipinski definition) is 2. The third-order valence-corrected chi connectivity index (χ3v) is 4.21. The van der Waals surface area contributed by atoms with Crippen molar-refractivity contribution in [2.75, 3.05) is 20.1 Å². The fourth-order valence-corrected chi connectivity index (χ4v) is 3.10. The van der Waals surface area contributed by atoms with Gasteiger partial charge in [0.15, 0.2) is 0 Å². The van der Waals surface area contributed by atoms with E-state index in [2.05, 4.69) is 24.2 Å². The van der Waals surface area contributed by atoms with Crippen LogP contribution in [0.1, 0.15) is 39.0 Å². The van der Waals surface area contributed by atoms with Gasteiger partial charge >= 0.3 is 0 Å². The van der Waals surface area contributed by atoms with E-state index in [9.17, 15) is 0 Å². The monoisotopic (exact) mass is 196 g/mol. The molecule has 0 spiro atoms. The van der Waals surface area contributed by atoms with Gasteiger partial charge in [-0.2, -0.15) is 0 Å². The third kappa shape index (κ3) is 2.12. The number of nitrogens with one attached hydrogen (secondary N) is 1. The molecule has 0 aromatic heterocycles. The first kappa shape index (κ1) is 10.4. The maximum atomic E-state index is 3.53. The number of hydrogen-bond donors (Lipinski definition) is 1. The Labute approximate surface area is 88.1 Å². The van der Waals surface area contributed by atoms with Crippen molar-refractivity contribution in [2.45, 2.75) is 51.1 Å². The van der Waals surface area contributed by atoms with Gasteiger partial charge in [-0.15, -0.1) is 0 Å². The van der Waals surface area contributed by atoms with E-state index in [0.717, 1.165) is 18.0 Å². The van der Waals surface area contributed by atoms with Crippen LogP contribution in [0.2, 0.25) is 0 Å². The summed E-state index contributed by atoms with van der Waals surface area (Å²) >= 11 is 0. The molecule has 14 heavy (non-hydrogen) atoms. The van der Waals surface area contributed by atoms with E-state index in [0.29, 0.717) is 0 Å². The van der Waals surface area contributed by atoms with Crippen molar-refractivity contribution in [3.63, 3.8) is 0 Å². The summed E-state index contributed by atoms with van der Waals surface area (Å²) < 4.78 is 0. The summed E-state index contributed by atoms with van der Waals surface area (Å²) in [5, 5.41) is 3.53. The first-order valence-corrected chi connectivity index (χ1v) is 6.21. The zero-order chi connectivity index (χ0) is 9.97. The molecule has 2 unspecified atom stereocenters. The van der Waals surface area contributed by atoms with Gasteiger partial charge in [-0.3, -0.25) is 4.90 Å². The molecule has 0 aromatic carbocycles. The molecule has 1 saturated heterocycles. The molecule has 1 heterocycles. The van der Waals surface area contributed by atoms with E-state index in [-0.39, 0.29) is 0 Å². The van der Waals surface area contributed by atoms with Crippen LogP contribution < -0.4 is 5.32 Å². The molecule has 1 N–H and O–H groups in total. The average molecular weight is 196 g/mol. The molecule has 2 aliphatic rings. The van der Waals surface area contributed by atoms with E-state index in [4.69, 9.17) is 0 Å². The molecule has 2 nitrogen and oxygen atoms in total. The van der Waals surface area contributed by atoms with Gasteiger partial charge in [0.1, 0.15) is 0 Å². The highest BCUT2D eigenvalue weighted by Crippen LogP contribution is 2.27. The lowest BCUT2D eigenvalue weighted by Crippen LogP contribution is -2.51. The van der Waals surface area contributed by atoms with Crippen LogP contribution in [0.3, 0.4) is 0 Å². The Bertz CT molecular complexity index is 175. The fraction of sp³-hybridized carbons (Fsp3) is 1.00. The van der Waals surface area contributed by atoms with Gasteiger partial charge in [0.05, 0.1) is 0 Å². The fourth-order valence-electron chi connectivity index (χ4n) is 3.10. The van der Waals surface area contributed by atoms with Crippen molar-refractivity contribution in [3.05, 3.63) is 0 Å². The normalized spacial score (nSPS) is 35.4. The van der Waals surface area contributed by atoms with Gasteiger partial charge in [0.25, 0.3) is 0 Å². The summed E-state index contributed by atoms with van der Waals surface area (Å²) in [5.74, 6) is 0.877. The smallest absolute Gasteiger partial charge is 0.0246 e. The number of piperidine rings is 1. The zero-order valence-corrected chi connectivity index (χ0v) is 9.63. The second kappa shape index (κ2) is 4.63. The maximum Gasteiger partial charge on any atom is 0.0246 e. The summed E-state index contributed by atoms with van der Waals surface area (Å²) in [7, 11) is 2.34. The minimum Gasteiger partial charge on any atom is -0.315 e. The van der Waals surface area contributed by atoms with Gasteiger partial charge in [-0.05, 0) is 38.8 Å². The Morgan fingerprint density at radius 3 is 2.50 bits per heavy atom. The molecule has 82 valence electrons. The van der Waals surface area contributed by atoms with Gasteiger partial charge in [0.2, 0.25) is 0 Å². The number of nitrogens with zero attached hydrogens (tertiary/aromatic N) is 1. The van der Waals surface area contributed by atoms with Crippen LogP contribution in [0, 0.1) is 5.92 Å². The largest absolute Gasteiger partial charge is 0.315 e. The highest BCUT2D eigenvalue weighted by molar-refractivity contribution is 4.87. The van der Waals surface area contributed by atoms with Crippen LogP contribution in [0.25, 0.3) is 0 Å². The lowest BCUT2D eigenvalue weighted by molar-refractivity contribution is 0.109. The van der Waals surface area contributed by atoms with Crippen LogP contribution in [0.5, 0.6) is 0 Å². The SMILES string of the molecule is CC1CCNCC1N(C)C1CCCC1. The van der Waals surface area contributed by atoms with Gasteiger partial charge in [-0.25, -0.2) is 0 Å². The molecule has 1 aliphatic carbocycles. The molecule has 0 amide bonds. The zero-order valence-electron chi connectivity index (χ0n) is 9.63. The number of likely N-dealkylation sites (N-methyl/N-ethyl adjacent to an activating group) is 1. The molecule has 2 fully saturated rings. The standard InChI is InChI=1S/C12H24N2/c1-10-7-8-13-9-12(10)14(2)11-5-3-4-6-11/h10-13H,3-9H2,1-2H3. The Morgan fingerprint density at radius 1 is 1.14 bits per heavy atom. The maximum absolute atomic E-state index is 3.53. The molecule has 0 bridgehead atoms. The summed E-state index contributed by atoms with van der Waals surface area (Å²) in [5.41, 5.74) is 0. The first-order chi connectivity index (χ1) is 6.79. The van der Waals surface area contributed by atoms with Crippen molar-refractivity contribution in [1.29, 1.82) is 0 Å². The molecular weight excluding hydrogens is 172 g/mol.